The molecule has 15 heteroatoms. The number of rotatable bonds is 8. The summed E-state index contributed by atoms with van der Waals surface area (Å²) in [6, 6.07) is -1.08. The van der Waals surface area contributed by atoms with Gasteiger partial charge in [-0.25, -0.2) is 9.59 Å². The van der Waals surface area contributed by atoms with Crippen LogP contribution in [0, 0.1) is 28.6 Å². The third-order valence-corrected chi connectivity index (χ3v) is 14.5. The number of alkyl carbamates (subject to hydrolysis) is 1. The Morgan fingerprint density at radius 2 is 1.53 bits per heavy atom. The lowest BCUT2D eigenvalue weighted by Gasteiger charge is -2.67. The number of nitrogens with one attached hydrogen (secondary N) is 1. The Labute approximate surface area is 340 Å². The molecule has 1 heterocycles. The normalized spacial score (nSPS) is 37.7. The summed E-state index contributed by atoms with van der Waals surface area (Å²) in [4.78, 5) is 69.3. The number of carbonyl (C=O) groups is 5. The van der Waals surface area contributed by atoms with Crippen LogP contribution in [0.4, 0.5) is 4.79 Å². The van der Waals surface area contributed by atoms with Crippen molar-refractivity contribution in [2.24, 2.45) is 28.6 Å². The van der Waals surface area contributed by atoms with Gasteiger partial charge in [-0.3, -0.25) is 14.4 Å². The summed E-state index contributed by atoms with van der Waals surface area (Å²) >= 11 is 0. The third-order valence-electron chi connectivity index (χ3n) is 14.5. The van der Waals surface area contributed by atoms with E-state index < -0.39 is 118 Å². The van der Waals surface area contributed by atoms with Gasteiger partial charge in [-0.2, -0.15) is 0 Å². The molecule has 0 aromatic carbocycles. The zero-order valence-electron chi connectivity index (χ0n) is 35.3. The Balaban J connectivity index is 1.45. The Morgan fingerprint density at radius 1 is 0.931 bits per heavy atom. The average molecular weight is 820 g/mol. The number of esters is 3. The lowest BCUT2D eigenvalue weighted by molar-refractivity contribution is -0.347. The highest BCUT2D eigenvalue weighted by molar-refractivity contribution is 5.93. The first-order valence-electron chi connectivity index (χ1n) is 21.2. The summed E-state index contributed by atoms with van der Waals surface area (Å²) in [5, 5.41) is 52.0. The molecule has 1 saturated heterocycles. The summed E-state index contributed by atoms with van der Waals surface area (Å²) in [6.45, 7) is 12.3. The van der Waals surface area contributed by atoms with Gasteiger partial charge < -0.3 is 49.4 Å². The summed E-state index contributed by atoms with van der Waals surface area (Å²) in [7, 11) is 0. The molecule has 0 aromatic heterocycles. The predicted octanol–water partition coefficient (Wildman–Crippen LogP) is 3.73. The third kappa shape index (κ3) is 7.60. The van der Waals surface area contributed by atoms with Gasteiger partial charge in [0, 0.05) is 25.2 Å². The topological polar surface area (TPSA) is 224 Å². The molecule has 326 valence electrons. The number of hydrogen-bond donors (Lipinski definition) is 5. The highest BCUT2D eigenvalue weighted by Gasteiger charge is 2.78. The van der Waals surface area contributed by atoms with Gasteiger partial charge in [0.2, 0.25) is 0 Å². The van der Waals surface area contributed by atoms with Gasteiger partial charge in [0.15, 0.2) is 17.5 Å². The van der Waals surface area contributed by atoms with E-state index in [1.165, 1.54) is 13.8 Å². The molecule has 5 N–H and O–H groups in total. The molecule has 1 amide bonds. The molecule has 4 saturated carbocycles. The van der Waals surface area contributed by atoms with Crippen molar-refractivity contribution < 1.29 is 68.1 Å². The zero-order chi connectivity index (χ0) is 42.7. The van der Waals surface area contributed by atoms with E-state index in [1.54, 1.807) is 41.5 Å². The molecular formula is C43H65NO14. The van der Waals surface area contributed by atoms with Gasteiger partial charge >= 0.3 is 24.0 Å². The van der Waals surface area contributed by atoms with Crippen molar-refractivity contribution in [2.75, 3.05) is 6.61 Å². The zero-order valence-corrected chi connectivity index (χ0v) is 35.3. The molecule has 0 spiro atoms. The minimum atomic E-state index is -2.25. The summed E-state index contributed by atoms with van der Waals surface area (Å²) in [6.07, 6.45) is -3.18. The minimum absolute atomic E-state index is 0.00774. The molecule has 0 aromatic rings. The number of carbonyl (C=O) groups excluding carboxylic acids is 5. The van der Waals surface area contributed by atoms with Crippen LogP contribution in [0.15, 0.2) is 11.1 Å². The molecule has 1 aliphatic heterocycles. The van der Waals surface area contributed by atoms with Gasteiger partial charge in [-0.1, -0.05) is 52.4 Å². The SMILES string of the molecule is CC(=O)O[C@@]12CO[C@@H]1C[C@H](O)[C@@]1(C)C(=O)[C@H](O)C3=C(C)[C@@H](OC(=O)[C@H](O)C(NC(=O)OC(C)(C)C)C4CCCCC4)C[C@@](O)([C@@H](OC(=O)C4CCCCC4)C12)C3(C)C. The van der Waals surface area contributed by atoms with Gasteiger partial charge in [0.1, 0.15) is 35.6 Å². The van der Waals surface area contributed by atoms with Crippen LogP contribution in [0.1, 0.15) is 132 Å². The number of ether oxygens (including phenoxy) is 5. The molecular weight excluding hydrogens is 754 g/mol. The Morgan fingerprint density at radius 3 is 2.09 bits per heavy atom. The van der Waals surface area contributed by atoms with E-state index in [-0.39, 0.29) is 30.1 Å². The van der Waals surface area contributed by atoms with Crippen molar-refractivity contribution in [3.8, 4) is 0 Å². The Bertz CT molecular complexity index is 1660. The van der Waals surface area contributed by atoms with E-state index in [1.807, 2.05) is 0 Å². The van der Waals surface area contributed by atoms with E-state index in [0.29, 0.717) is 25.7 Å². The number of ketones is 1. The lowest BCUT2D eigenvalue weighted by Crippen LogP contribution is -2.81. The van der Waals surface area contributed by atoms with Crippen LogP contribution >= 0.6 is 0 Å². The van der Waals surface area contributed by atoms with Crippen molar-refractivity contribution >= 4 is 29.8 Å². The summed E-state index contributed by atoms with van der Waals surface area (Å²) in [5.41, 5.74) is -8.03. The van der Waals surface area contributed by atoms with Crippen LogP contribution in [0.5, 0.6) is 0 Å². The molecule has 15 nitrogen and oxygen atoms in total. The second-order valence-corrected chi connectivity index (χ2v) is 19.6. The highest BCUT2D eigenvalue weighted by atomic mass is 16.6. The van der Waals surface area contributed by atoms with Crippen LogP contribution in [0.25, 0.3) is 0 Å². The van der Waals surface area contributed by atoms with Crippen LogP contribution in [0.3, 0.4) is 0 Å². The maximum atomic E-state index is 15.0. The molecule has 11 atom stereocenters. The van der Waals surface area contributed by atoms with Gasteiger partial charge in [0.05, 0.1) is 36.0 Å². The van der Waals surface area contributed by atoms with E-state index in [4.69, 9.17) is 23.7 Å². The molecule has 6 aliphatic rings. The largest absolute Gasteiger partial charge is 0.459 e. The Kier molecular flexibility index (Phi) is 12.3. The number of Topliss-reactive ketones (excluding diaryl/α,β-unsaturated/α-hetero) is 1. The Hall–Kier alpha value is -3.11. The molecule has 5 fully saturated rings. The van der Waals surface area contributed by atoms with Crippen molar-refractivity contribution in [3.63, 3.8) is 0 Å². The van der Waals surface area contributed by atoms with Gasteiger partial charge in [0.25, 0.3) is 0 Å². The standard InChI is InChI=1S/C43H65NO14/c1-22-26(55-37(51)32(48)30(24-15-11-9-12-16-24)44-38(52)58-39(3,4)5)20-43(53)35(56-36(50)25-17-13-10-14-18-25)33-41(8,34(49)31(47)29(22)40(43,6)7)27(46)19-28-42(33,21-54-28)57-23(2)45/h24-28,30-33,35,46-48,53H,9-21H2,1-8H3,(H,44,52)/t26-,27-,28+,30?,31+,32+,33?,35-,41+,42-,43+/m0/s1. The number of hydrogen-bond acceptors (Lipinski definition) is 14. The van der Waals surface area contributed by atoms with Crippen molar-refractivity contribution in [3.05, 3.63) is 11.1 Å². The van der Waals surface area contributed by atoms with E-state index in [9.17, 15) is 44.4 Å². The molecule has 2 bridgehead atoms. The number of amides is 1. The van der Waals surface area contributed by atoms with E-state index >= 15 is 0 Å². The number of aliphatic hydroxyl groups is 4. The average Bonchev–Trinajstić information content (AvgIpc) is 3.14. The van der Waals surface area contributed by atoms with Crippen molar-refractivity contribution in [2.45, 2.75) is 192 Å². The first-order valence-corrected chi connectivity index (χ1v) is 21.2. The van der Waals surface area contributed by atoms with Crippen LogP contribution in [-0.2, 0) is 42.9 Å². The fraction of sp³-hybridized carbons (Fsp3) is 0.837. The van der Waals surface area contributed by atoms with Crippen molar-refractivity contribution in [1.82, 2.24) is 5.32 Å². The number of aliphatic hydroxyl groups excluding tert-OH is 3. The highest BCUT2D eigenvalue weighted by Crippen LogP contribution is 2.64. The van der Waals surface area contributed by atoms with Crippen LogP contribution in [0.2, 0.25) is 0 Å². The maximum absolute atomic E-state index is 15.0. The predicted molar refractivity (Wildman–Crippen MR) is 206 cm³/mol. The quantitative estimate of drug-likeness (QED) is 0.134. The smallest absolute Gasteiger partial charge is 0.407 e. The summed E-state index contributed by atoms with van der Waals surface area (Å²) in [5.74, 6) is -5.55. The van der Waals surface area contributed by atoms with E-state index in [0.717, 1.165) is 38.5 Å². The second-order valence-electron chi connectivity index (χ2n) is 19.6. The fourth-order valence-corrected chi connectivity index (χ4v) is 11.3. The van der Waals surface area contributed by atoms with Crippen molar-refractivity contribution in [1.29, 1.82) is 0 Å². The lowest BCUT2D eigenvalue weighted by atomic mass is 9.44. The van der Waals surface area contributed by atoms with Crippen LogP contribution in [-0.4, -0.2) is 116 Å². The molecule has 0 radical (unpaired) electrons. The molecule has 5 aliphatic carbocycles. The number of fused-ring (bicyclic) bond motifs is 5. The second kappa shape index (κ2) is 16.1. The molecule has 6 rings (SSSR count). The fourth-order valence-electron chi connectivity index (χ4n) is 11.3. The van der Waals surface area contributed by atoms with Gasteiger partial charge in [-0.15, -0.1) is 0 Å². The van der Waals surface area contributed by atoms with Gasteiger partial charge in [-0.05, 0) is 77.4 Å². The molecule has 58 heavy (non-hydrogen) atoms. The van der Waals surface area contributed by atoms with Crippen LogP contribution < -0.4 is 5.32 Å². The monoisotopic (exact) mass is 819 g/mol. The maximum Gasteiger partial charge on any atom is 0.407 e. The molecule has 2 unspecified atom stereocenters. The summed E-state index contributed by atoms with van der Waals surface area (Å²) < 4.78 is 30.0. The first kappa shape index (κ1) is 44.4. The van der Waals surface area contributed by atoms with E-state index in [2.05, 4.69) is 5.32 Å². The minimum Gasteiger partial charge on any atom is -0.459 e. The first-order chi connectivity index (χ1) is 27.0.